The maximum Gasteiger partial charge on any atom is 0.321 e. The monoisotopic (exact) mass is 286 g/mol. The number of imide groups is 1. The van der Waals surface area contributed by atoms with Crippen molar-refractivity contribution in [1.82, 2.24) is 10.6 Å². The van der Waals surface area contributed by atoms with Crippen LogP contribution in [-0.4, -0.2) is 30.2 Å². The van der Waals surface area contributed by atoms with Gasteiger partial charge < -0.3 is 15.2 Å². The van der Waals surface area contributed by atoms with Crippen molar-refractivity contribution >= 4 is 23.5 Å². The van der Waals surface area contributed by atoms with Crippen molar-refractivity contribution in [2.45, 2.75) is 19.6 Å². The smallest absolute Gasteiger partial charge is 0.321 e. The summed E-state index contributed by atoms with van der Waals surface area (Å²) in [5.41, 5.74) is 0.465. The molecule has 0 aliphatic heterocycles. The summed E-state index contributed by atoms with van der Waals surface area (Å²) in [6.45, 7) is 1.23. The Labute approximate surface area is 115 Å². The van der Waals surface area contributed by atoms with Crippen LogP contribution in [0, 0.1) is 0 Å². The van der Waals surface area contributed by atoms with Gasteiger partial charge in [0.05, 0.1) is 6.61 Å². The summed E-state index contributed by atoms with van der Waals surface area (Å²) in [5, 5.41) is 14.0. The van der Waals surface area contributed by atoms with Gasteiger partial charge in [-0.3, -0.25) is 10.1 Å². The fraction of sp³-hybridized carbons (Fsp3) is 0.333. The van der Waals surface area contributed by atoms with Crippen molar-refractivity contribution in [3.63, 3.8) is 0 Å². The SMILES string of the molecule is CNC(=O)NC(=O)C(C)Oc1ccc(Cl)cc1CO. The molecule has 1 unspecified atom stereocenters. The minimum Gasteiger partial charge on any atom is -0.481 e. The van der Waals surface area contributed by atoms with E-state index in [1.165, 1.54) is 14.0 Å². The van der Waals surface area contributed by atoms with Gasteiger partial charge in [0, 0.05) is 17.6 Å². The first-order valence-corrected chi connectivity index (χ1v) is 5.94. The lowest BCUT2D eigenvalue weighted by atomic mass is 10.2. The van der Waals surface area contributed by atoms with E-state index in [2.05, 4.69) is 10.6 Å². The summed E-state index contributed by atoms with van der Waals surface area (Å²) in [6.07, 6.45) is -0.885. The average Bonchev–Trinajstić information content (AvgIpc) is 2.40. The van der Waals surface area contributed by atoms with E-state index in [0.717, 1.165) is 0 Å². The van der Waals surface area contributed by atoms with Gasteiger partial charge in [0.25, 0.3) is 5.91 Å². The quantitative estimate of drug-likeness (QED) is 0.772. The summed E-state index contributed by atoms with van der Waals surface area (Å²) in [6, 6.07) is 4.07. The fourth-order valence-corrected chi connectivity index (χ4v) is 1.50. The van der Waals surface area contributed by atoms with E-state index in [0.29, 0.717) is 16.3 Å². The zero-order valence-electron chi connectivity index (χ0n) is 10.6. The number of halogens is 1. The molecule has 0 fully saturated rings. The molecule has 0 bridgehead atoms. The van der Waals surface area contributed by atoms with Crippen LogP contribution in [0.5, 0.6) is 5.75 Å². The summed E-state index contributed by atoms with van der Waals surface area (Å²) in [7, 11) is 1.40. The number of hydrogen-bond donors (Lipinski definition) is 3. The molecule has 7 heteroatoms. The van der Waals surface area contributed by atoms with Gasteiger partial charge in [0.1, 0.15) is 5.75 Å². The van der Waals surface area contributed by atoms with Gasteiger partial charge in [-0.15, -0.1) is 0 Å². The number of rotatable bonds is 4. The number of amides is 3. The summed E-state index contributed by atoms with van der Waals surface area (Å²) in [5.74, 6) is -0.246. The standard InChI is InChI=1S/C12H15ClN2O4/c1-7(11(17)15-12(18)14-2)19-10-4-3-9(13)5-8(10)6-16/h3-5,7,16H,6H2,1-2H3,(H2,14,15,17,18). The summed E-state index contributed by atoms with van der Waals surface area (Å²) in [4.78, 5) is 22.6. The van der Waals surface area contributed by atoms with Crippen LogP contribution < -0.4 is 15.4 Å². The molecule has 6 nitrogen and oxygen atoms in total. The van der Waals surface area contributed by atoms with Gasteiger partial charge in [0.2, 0.25) is 0 Å². The van der Waals surface area contributed by atoms with Gasteiger partial charge in [-0.1, -0.05) is 11.6 Å². The number of carbonyl (C=O) groups excluding carboxylic acids is 2. The summed E-state index contributed by atoms with van der Waals surface area (Å²) >= 11 is 5.78. The minimum atomic E-state index is -0.885. The number of nitrogens with one attached hydrogen (secondary N) is 2. The number of hydrogen-bond acceptors (Lipinski definition) is 4. The molecule has 1 rings (SSSR count). The van der Waals surface area contributed by atoms with Crippen molar-refractivity contribution in [2.75, 3.05) is 7.05 Å². The Kier molecular flexibility index (Phi) is 5.59. The highest BCUT2D eigenvalue weighted by Crippen LogP contribution is 2.23. The molecular weight excluding hydrogens is 272 g/mol. The van der Waals surface area contributed by atoms with E-state index in [4.69, 9.17) is 16.3 Å². The number of urea groups is 1. The predicted octanol–water partition coefficient (Wildman–Crippen LogP) is 1.06. The fourth-order valence-electron chi connectivity index (χ4n) is 1.31. The first kappa shape index (κ1) is 15.3. The molecule has 3 amide bonds. The molecule has 104 valence electrons. The second-order valence-corrected chi connectivity index (χ2v) is 4.18. The molecule has 0 radical (unpaired) electrons. The maximum atomic E-state index is 11.6. The number of ether oxygens (including phenoxy) is 1. The average molecular weight is 287 g/mol. The third-order valence-electron chi connectivity index (χ3n) is 2.33. The molecule has 0 saturated carbocycles. The first-order valence-electron chi connectivity index (χ1n) is 5.56. The van der Waals surface area contributed by atoms with E-state index >= 15 is 0 Å². The van der Waals surface area contributed by atoms with Crippen molar-refractivity contribution in [3.05, 3.63) is 28.8 Å². The van der Waals surface area contributed by atoms with Gasteiger partial charge in [-0.2, -0.15) is 0 Å². The Hall–Kier alpha value is -1.79. The molecule has 0 heterocycles. The molecule has 0 saturated heterocycles. The maximum absolute atomic E-state index is 11.6. The second kappa shape index (κ2) is 6.96. The highest BCUT2D eigenvalue weighted by molar-refractivity contribution is 6.30. The van der Waals surface area contributed by atoms with Gasteiger partial charge in [0.15, 0.2) is 6.10 Å². The van der Waals surface area contributed by atoms with Gasteiger partial charge in [-0.25, -0.2) is 4.79 Å². The molecule has 1 atom stereocenters. The molecule has 0 aliphatic carbocycles. The van der Waals surface area contributed by atoms with Crippen molar-refractivity contribution in [2.24, 2.45) is 0 Å². The zero-order chi connectivity index (χ0) is 14.4. The molecular formula is C12H15ClN2O4. The Bertz CT molecular complexity index is 479. The Morgan fingerprint density at radius 1 is 1.47 bits per heavy atom. The molecule has 1 aromatic rings. The lowest BCUT2D eigenvalue weighted by Gasteiger charge is -2.16. The van der Waals surface area contributed by atoms with E-state index in [1.807, 2.05) is 0 Å². The topological polar surface area (TPSA) is 87.7 Å². The van der Waals surface area contributed by atoms with Crippen molar-refractivity contribution in [3.8, 4) is 5.75 Å². The molecule has 19 heavy (non-hydrogen) atoms. The van der Waals surface area contributed by atoms with Crippen LogP contribution >= 0.6 is 11.6 Å². The van der Waals surface area contributed by atoms with Gasteiger partial charge >= 0.3 is 6.03 Å². The normalized spacial score (nSPS) is 11.6. The highest BCUT2D eigenvalue weighted by Gasteiger charge is 2.18. The van der Waals surface area contributed by atoms with Crippen molar-refractivity contribution < 1.29 is 19.4 Å². The van der Waals surface area contributed by atoms with Crippen LogP contribution in [0.3, 0.4) is 0 Å². The van der Waals surface area contributed by atoms with Crippen LogP contribution in [0.1, 0.15) is 12.5 Å². The molecule has 0 aromatic heterocycles. The molecule has 3 N–H and O–H groups in total. The number of aliphatic hydroxyl groups is 1. The van der Waals surface area contributed by atoms with Gasteiger partial charge in [-0.05, 0) is 25.1 Å². The first-order chi connectivity index (χ1) is 8.97. The van der Waals surface area contributed by atoms with Crippen LogP contribution in [0.25, 0.3) is 0 Å². The Morgan fingerprint density at radius 2 is 2.16 bits per heavy atom. The minimum absolute atomic E-state index is 0.264. The molecule has 1 aromatic carbocycles. The Balaban J connectivity index is 2.73. The van der Waals surface area contributed by atoms with E-state index in [-0.39, 0.29) is 6.61 Å². The number of carbonyl (C=O) groups is 2. The largest absolute Gasteiger partial charge is 0.481 e. The van der Waals surface area contributed by atoms with Crippen LogP contribution in [0.4, 0.5) is 4.79 Å². The molecule has 0 aliphatic rings. The van der Waals surface area contributed by atoms with Crippen molar-refractivity contribution in [1.29, 1.82) is 0 Å². The number of benzene rings is 1. The molecule has 0 spiro atoms. The lowest BCUT2D eigenvalue weighted by Crippen LogP contribution is -2.44. The lowest BCUT2D eigenvalue weighted by molar-refractivity contribution is -0.126. The number of aliphatic hydroxyl groups excluding tert-OH is 1. The third kappa shape index (κ3) is 4.42. The predicted molar refractivity (Wildman–Crippen MR) is 70.1 cm³/mol. The summed E-state index contributed by atoms with van der Waals surface area (Å²) < 4.78 is 5.39. The van der Waals surface area contributed by atoms with E-state index in [1.54, 1.807) is 18.2 Å². The van der Waals surface area contributed by atoms with E-state index < -0.39 is 18.0 Å². The van der Waals surface area contributed by atoms with Crippen LogP contribution in [0.15, 0.2) is 18.2 Å². The van der Waals surface area contributed by atoms with Crippen LogP contribution in [-0.2, 0) is 11.4 Å². The third-order valence-corrected chi connectivity index (χ3v) is 2.56. The highest BCUT2D eigenvalue weighted by atomic mass is 35.5. The van der Waals surface area contributed by atoms with Crippen LogP contribution in [0.2, 0.25) is 5.02 Å². The Morgan fingerprint density at radius 3 is 2.74 bits per heavy atom. The van der Waals surface area contributed by atoms with E-state index in [9.17, 15) is 14.7 Å². The zero-order valence-corrected chi connectivity index (χ0v) is 11.3. The second-order valence-electron chi connectivity index (χ2n) is 3.74.